The van der Waals surface area contributed by atoms with Crippen LogP contribution in [0, 0.1) is 0 Å². The molecule has 0 aliphatic carbocycles. The van der Waals surface area contributed by atoms with Crippen molar-refractivity contribution in [1.29, 1.82) is 0 Å². The van der Waals surface area contributed by atoms with Crippen LogP contribution in [0.2, 0.25) is 10.0 Å². The second kappa shape index (κ2) is 7.85. The molecule has 1 atom stereocenters. The van der Waals surface area contributed by atoms with Gasteiger partial charge in [0, 0.05) is 29.7 Å². The highest BCUT2D eigenvalue weighted by Crippen LogP contribution is 2.27. The summed E-state index contributed by atoms with van der Waals surface area (Å²) < 4.78 is 5.19. The number of benzene rings is 2. The largest absolute Gasteiger partial charge is 0.497 e. The molecule has 6 nitrogen and oxygen atoms in total. The lowest BCUT2D eigenvalue weighted by Gasteiger charge is -2.18. The summed E-state index contributed by atoms with van der Waals surface area (Å²) in [5, 5.41) is 6.28. The van der Waals surface area contributed by atoms with Gasteiger partial charge in [-0.25, -0.2) is 4.79 Å². The third-order valence-electron chi connectivity index (χ3n) is 4.00. The summed E-state index contributed by atoms with van der Waals surface area (Å²) in [6.07, 6.45) is 0.221. The first kappa shape index (κ1) is 18.4. The molecule has 2 aromatic rings. The quantitative estimate of drug-likeness (QED) is 0.826. The fourth-order valence-corrected chi connectivity index (χ4v) is 3.22. The summed E-state index contributed by atoms with van der Waals surface area (Å²) in [5.41, 5.74) is 1.18. The molecule has 0 bridgehead atoms. The van der Waals surface area contributed by atoms with Crippen molar-refractivity contribution in [2.75, 3.05) is 23.9 Å². The highest BCUT2D eigenvalue weighted by atomic mass is 35.5. The van der Waals surface area contributed by atoms with Gasteiger partial charge in [-0.1, -0.05) is 29.3 Å². The lowest BCUT2D eigenvalue weighted by atomic mass is 10.2. The Morgan fingerprint density at radius 3 is 2.77 bits per heavy atom. The van der Waals surface area contributed by atoms with Crippen molar-refractivity contribution in [2.24, 2.45) is 0 Å². The van der Waals surface area contributed by atoms with Crippen molar-refractivity contribution < 1.29 is 14.3 Å². The van der Waals surface area contributed by atoms with Gasteiger partial charge in [-0.2, -0.15) is 0 Å². The molecule has 1 aliphatic heterocycles. The van der Waals surface area contributed by atoms with Gasteiger partial charge in [0.25, 0.3) is 0 Å². The van der Waals surface area contributed by atoms with E-state index in [9.17, 15) is 9.59 Å². The SMILES string of the molecule is COc1cccc(N2C[C@H](NC(=O)Nc3ccc(Cl)cc3Cl)CC2=O)c1. The molecule has 0 radical (unpaired) electrons. The molecule has 0 saturated carbocycles. The fourth-order valence-electron chi connectivity index (χ4n) is 2.77. The van der Waals surface area contributed by atoms with Crippen LogP contribution < -0.4 is 20.3 Å². The van der Waals surface area contributed by atoms with E-state index in [1.54, 1.807) is 36.3 Å². The van der Waals surface area contributed by atoms with Gasteiger partial charge in [-0.05, 0) is 30.3 Å². The van der Waals surface area contributed by atoms with Crippen LogP contribution in [0.3, 0.4) is 0 Å². The summed E-state index contributed by atoms with van der Waals surface area (Å²) in [5.74, 6) is 0.606. The van der Waals surface area contributed by atoms with E-state index in [0.29, 0.717) is 28.0 Å². The average Bonchev–Trinajstić information content (AvgIpc) is 2.97. The lowest BCUT2D eigenvalue weighted by molar-refractivity contribution is -0.117. The molecule has 8 heteroatoms. The van der Waals surface area contributed by atoms with Gasteiger partial charge in [0.1, 0.15) is 5.75 Å². The number of carbonyl (C=O) groups excluding carboxylic acids is 2. The number of ether oxygens (including phenoxy) is 1. The zero-order valence-electron chi connectivity index (χ0n) is 14.0. The summed E-state index contributed by atoms with van der Waals surface area (Å²) in [4.78, 5) is 26.1. The molecular weight excluding hydrogens is 377 g/mol. The Balaban J connectivity index is 1.62. The predicted octanol–water partition coefficient (Wildman–Crippen LogP) is 3.93. The number of hydrogen-bond donors (Lipinski definition) is 2. The van der Waals surface area contributed by atoms with Crippen LogP contribution in [0.25, 0.3) is 0 Å². The second-order valence-electron chi connectivity index (χ2n) is 5.83. The Hall–Kier alpha value is -2.44. The molecule has 3 rings (SSSR count). The van der Waals surface area contributed by atoms with Crippen molar-refractivity contribution in [1.82, 2.24) is 5.32 Å². The third kappa shape index (κ3) is 4.20. The molecule has 0 spiro atoms. The van der Waals surface area contributed by atoms with Gasteiger partial charge in [0.05, 0.1) is 23.9 Å². The fraction of sp³-hybridized carbons (Fsp3) is 0.222. The standard InChI is InChI=1S/C18H17Cl2N3O3/c1-26-14-4-2-3-13(9-14)23-10-12(8-17(23)24)21-18(25)22-16-6-5-11(19)7-15(16)20/h2-7,9,12H,8,10H2,1H3,(H2,21,22,25)/t12-/m1/s1. The number of nitrogens with one attached hydrogen (secondary N) is 2. The number of hydrogen-bond acceptors (Lipinski definition) is 3. The van der Waals surface area contributed by atoms with Crippen molar-refractivity contribution in [2.45, 2.75) is 12.5 Å². The van der Waals surface area contributed by atoms with Crippen LogP contribution in [-0.2, 0) is 4.79 Å². The number of methoxy groups -OCH3 is 1. The lowest BCUT2D eigenvalue weighted by Crippen LogP contribution is -2.39. The number of anilines is 2. The first-order valence-corrected chi connectivity index (χ1v) is 8.69. The molecule has 1 saturated heterocycles. The molecule has 1 aliphatic rings. The monoisotopic (exact) mass is 393 g/mol. The first-order chi connectivity index (χ1) is 12.5. The van der Waals surface area contributed by atoms with Crippen LogP contribution in [0.1, 0.15) is 6.42 Å². The number of urea groups is 1. The number of rotatable bonds is 4. The minimum absolute atomic E-state index is 0.0620. The Labute approximate surface area is 161 Å². The van der Waals surface area contributed by atoms with Crippen molar-refractivity contribution >= 4 is 46.5 Å². The maximum atomic E-state index is 12.3. The van der Waals surface area contributed by atoms with E-state index in [2.05, 4.69) is 10.6 Å². The average molecular weight is 394 g/mol. The van der Waals surface area contributed by atoms with Crippen LogP contribution in [-0.4, -0.2) is 31.6 Å². The van der Waals surface area contributed by atoms with Crippen molar-refractivity contribution in [3.05, 3.63) is 52.5 Å². The zero-order valence-corrected chi connectivity index (χ0v) is 15.5. The van der Waals surface area contributed by atoms with E-state index in [0.717, 1.165) is 5.69 Å². The smallest absolute Gasteiger partial charge is 0.319 e. The van der Waals surface area contributed by atoms with Gasteiger partial charge >= 0.3 is 6.03 Å². The topological polar surface area (TPSA) is 70.7 Å². The van der Waals surface area contributed by atoms with Gasteiger partial charge in [0.2, 0.25) is 5.91 Å². The second-order valence-corrected chi connectivity index (χ2v) is 6.67. The van der Waals surface area contributed by atoms with Gasteiger partial charge in [-0.15, -0.1) is 0 Å². The number of amides is 3. The Morgan fingerprint density at radius 1 is 1.23 bits per heavy atom. The molecule has 136 valence electrons. The number of halogens is 2. The summed E-state index contributed by atoms with van der Waals surface area (Å²) in [7, 11) is 1.57. The number of carbonyl (C=O) groups is 2. The van der Waals surface area contributed by atoms with Gasteiger partial charge in [0.15, 0.2) is 0 Å². The molecule has 2 aromatic carbocycles. The van der Waals surface area contributed by atoms with Crippen LogP contribution in [0.5, 0.6) is 5.75 Å². The molecule has 3 amide bonds. The molecule has 1 heterocycles. The van der Waals surface area contributed by atoms with Crippen molar-refractivity contribution in [3.63, 3.8) is 0 Å². The van der Waals surface area contributed by atoms with E-state index < -0.39 is 6.03 Å². The van der Waals surface area contributed by atoms with Crippen LogP contribution in [0.4, 0.5) is 16.2 Å². The minimum atomic E-state index is -0.431. The number of nitrogens with zero attached hydrogens (tertiary/aromatic N) is 1. The predicted molar refractivity (Wildman–Crippen MR) is 102 cm³/mol. The van der Waals surface area contributed by atoms with Crippen LogP contribution >= 0.6 is 23.2 Å². The first-order valence-electron chi connectivity index (χ1n) is 7.93. The van der Waals surface area contributed by atoms with Gasteiger partial charge < -0.3 is 20.3 Å². The van der Waals surface area contributed by atoms with E-state index >= 15 is 0 Å². The molecule has 2 N–H and O–H groups in total. The third-order valence-corrected chi connectivity index (χ3v) is 4.55. The summed E-state index contributed by atoms with van der Waals surface area (Å²) in [6, 6.07) is 11.3. The van der Waals surface area contributed by atoms with Crippen molar-refractivity contribution in [3.8, 4) is 5.75 Å². The zero-order chi connectivity index (χ0) is 18.7. The maximum absolute atomic E-state index is 12.3. The minimum Gasteiger partial charge on any atom is -0.497 e. The highest BCUT2D eigenvalue weighted by Gasteiger charge is 2.31. The normalized spacial score (nSPS) is 16.5. The molecule has 0 unspecified atom stereocenters. The van der Waals surface area contributed by atoms with Gasteiger partial charge in [-0.3, -0.25) is 4.79 Å². The molecular formula is C18H17Cl2N3O3. The van der Waals surface area contributed by atoms with E-state index in [-0.39, 0.29) is 18.4 Å². The summed E-state index contributed by atoms with van der Waals surface area (Å²) >= 11 is 11.9. The van der Waals surface area contributed by atoms with E-state index in [1.807, 2.05) is 18.2 Å². The Morgan fingerprint density at radius 2 is 2.04 bits per heavy atom. The molecule has 0 aromatic heterocycles. The highest BCUT2D eigenvalue weighted by molar-refractivity contribution is 6.36. The summed E-state index contributed by atoms with van der Waals surface area (Å²) in [6.45, 7) is 0.383. The van der Waals surface area contributed by atoms with E-state index in [4.69, 9.17) is 27.9 Å². The Kier molecular flexibility index (Phi) is 5.54. The molecule has 1 fully saturated rings. The maximum Gasteiger partial charge on any atom is 0.319 e. The molecule has 26 heavy (non-hydrogen) atoms. The van der Waals surface area contributed by atoms with E-state index in [1.165, 1.54) is 0 Å². The Bertz CT molecular complexity index is 844. The van der Waals surface area contributed by atoms with Crippen LogP contribution in [0.15, 0.2) is 42.5 Å².